The summed E-state index contributed by atoms with van der Waals surface area (Å²) in [5.41, 5.74) is 0.438. The molecule has 4 rings (SSSR count). The summed E-state index contributed by atoms with van der Waals surface area (Å²) in [6, 6.07) is 4.16. The van der Waals surface area contributed by atoms with Gasteiger partial charge in [-0.2, -0.15) is 0 Å². The fourth-order valence-electron chi connectivity index (χ4n) is 3.24. The SMILES string of the molecule is Fc1cc(Br)cc2cnc(C3CCN(C4CC4)CC3)nc12. The zero-order chi connectivity index (χ0) is 14.4. The van der Waals surface area contributed by atoms with Gasteiger partial charge in [0.25, 0.3) is 0 Å². The summed E-state index contributed by atoms with van der Waals surface area (Å²) in [7, 11) is 0. The Hall–Kier alpha value is -1.07. The van der Waals surface area contributed by atoms with E-state index < -0.39 is 0 Å². The Balaban J connectivity index is 1.59. The van der Waals surface area contributed by atoms with Crippen molar-refractivity contribution in [2.45, 2.75) is 37.6 Å². The summed E-state index contributed by atoms with van der Waals surface area (Å²) >= 11 is 3.30. The van der Waals surface area contributed by atoms with Gasteiger partial charge in [0.05, 0.1) is 0 Å². The van der Waals surface area contributed by atoms with E-state index in [2.05, 4.69) is 30.8 Å². The maximum Gasteiger partial charge on any atom is 0.150 e. The zero-order valence-corrected chi connectivity index (χ0v) is 13.3. The second kappa shape index (κ2) is 5.29. The Morgan fingerprint density at radius 1 is 1.14 bits per heavy atom. The first-order valence-corrected chi connectivity index (χ1v) is 8.36. The van der Waals surface area contributed by atoms with Gasteiger partial charge in [-0.15, -0.1) is 0 Å². The van der Waals surface area contributed by atoms with Crippen LogP contribution in [0.3, 0.4) is 0 Å². The summed E-state index contributed by atoms with van der Waals surface area (Å²) in [4.78, 5) is 11.6. The quantitative estimate of drug-likeness (QED) is 0.823. The number of likely N-dealkylation sites (tertiary alicyclic amines) is 1. The van der Waals surface area contributed by atoms with Crippen LogP contribution in [0.15, 0.2) is 22.8 Å². The van der Waals surface area contributed by atoms with Crippen molar-refractivity contribution in [2.24, 2.45) is 0 Å². The maximum atomic E-state index is 14.0. The standard InChI is InChI=1S/C16H17BrFN3/c17-12-7-11-9-19-16(20-15(11)14(18)8-12)10-3-5-21(6-4-10)13-1-2-13/h7-10,13H,1-6H2. The summed E-state index contributed by atoms with van der Waals surface area (Å²) in [6.45, 7) is 2.25. The highest BCUT2D eigenvalue weighted by molar-refractivity contribution is 9.10. The molecule has 0 unspecified atom stereocenters. The third-order valence-electron chi connectivity index (χ3n) is 4.58. The second-order valence-electron chi connectivity index (χ2n) is 6.10. The summed E-state index contributed by atoms with van der Waals surface area (Å²) < 4.78 is 14.8. The lowest BCUT2D eigenvalue weighted by molar-refractivity contribution is 0.200. The molecule has 0 bridgehead atoms. The van der Waals surface area contributed by atoms with Crippen LogP contribution >= 0.6 is 15.9 Å². The second-order valence-corrected chi connectivity index (χ2v) is 7.01. The molecule has 0 atom stereocenters. The van der Waals surface area contributed by atoms with Gasteiger partial charge in [-0.3, -0.25) is 0 Å². The van der Waals surface area contributed by atoms with Gasteiger partial charge in [0.2, 0.25) is 0 Å². The van der Waals surface area contributed by atoms with Crippen molar-refractivity contribution in [3.63, 3.8) is 0 Å². The summed E-state index contributed by atoms with van der Waals surface area (Å²) in [5, 5.41) is 0.751. The minimum atomic E-state index is -0.279. The third kappa shape index (κ3) is 2.69. The molecule has 2 heterocycles. The molecule has 1 saturated carbocycles. The molecule has 2 fully saturated rings. The molecule has 110 valence electrons. The first-order valence-electron chi connectivity index (χ1n) is 7.56. The number of rotatable bonds is 2. The monoisotopic (exact) mass is 349 g/mol. The normalized spacial score (nSPS) is 21.0. The van der Waals surface area contributed by atoms with E-state index >= 15 is 0 Å². The third-order valence-corrected chi connectivity index (χ3v) is 5.04. The number of hydrogen-bond donors (Lipinski definition) is 0. The number of fused-ring (bicyclic) bond motifs is 1. The van der Waals surface area contributed by atoms with Crippen LogP contribution in [0.4, 0.5) is 4.39 Å². The molecular weight excluding hydrogens is 333 g/mol. The number of piperidine rings is 1. The highest BCUT2D eigenvalue weighted by Gasteiger charge is 2.32. The first-order chi connectivity index (χ1) is 10.2. The van der Waals surface area contributed by atoms with Crippen molar-refractivity contribution < 1.29 is 4.39 Å². The highest BCUT2D eigenvalue weighted by Crippen LogP contribution is 2.34. The molecule has 3 nitrogen and oxygen atoms in total. The number of nitrogens with zero attached hydrogens (tertiary/aromatic N) is 3. The van der Waals surface area contributed by atoms with Crippen molar-refractivity contribution >= 4 is 26.8 Å². The lowest BCUT2D eigenvalue weighted by Crippen LogP contribution is -2.35. The molecule has 0 amide bonds. The van der Waals surface area contributed by atoms with Crippen LogP contribution in [0.25, 0.3) is 10.9 Å². The molecule has 5 heteroatoms. The van der Waals surface area contributed by atoms with E-state index in [0.29, 0.717) is 11.4 Å². The molecule has 0 spiro atoms. The molecule has 1 aliphatic carbocycles. The van der Waals surface area contributed by atoms with E-state index in [1.54, 1.807) is 6.20 Å². The lowest BCUT2D eigenvalue weighted by atomic mass is 9.95. The van der Waals surface area contributed by atoms with Crippen LogP contribution in [-0.4, -0.2) is 34.0 Å². The van der Waals surface area contributed by atoms with Gasteiger partial charge < -0.3 is 4.90 Å². The predicted molar refractivity (Wildman–Crippen MR) is 83.8 cm³/mol. The minimum absolute atomic E-state index is 0.279. The smallest absolute Gasteiger partial charge is 0.150 e. The maximum absolute atomic E-state index is 14.0. The highest BCUT2D eigenvalue weighted by atomic mass is 79.9. The molecule has 1 aromatic heterocycles. The summed E-state index contributed by atoms with van der Waals surface area (Å²) in [5.74, 6) is 0.894. The molecule has 0 radical (unpaired) electrons. The summed E-state index contributed by atoms with van der Waals surface area (Å²) in [6.07, 6.45) is 6.63. The van der Waals surface area contributed by atoms with Gasteiger partial charge in [0.15, 0.2) is 5.82 Å². The minimum Gasteiger partial charge on any atom is -0.300 e. The van der Waals surface area contributed by atoms with Crippen molar-refractivity contribution in [2.75, 3.05) is 13.1 Å². The van der Waals surface area contributed by atoms with Crippen LogP contribution < -0.4 is 0 Å². The Morgan fingerprint density at radius 2 is 1.90 bits per heavy atom. The average Bonchev–Trinajstić information content (AvgIpc) is 3.32. The molecule has 2 aliphatic rings. The number of hydrogen-bond acceptors (Lipinski definition) is 3. The fourth-order valence-corrected chi connectivity index (χ4v) is 3.69. The molecule has 1 aliphatic heterocycles. The Kier molecular flexibility index (Phi) is 3.42. The van der Waals surface area contributed by atoms with Crippen LogP contribution in [0, 0.1) is 5.82 Å². The van der Waals surface area contributed by atoms with Crippen molar-refractivity contribution in [3.05, 3.63) is 34.4 Å². The largest absolute Gasteiger partial charge is 0.300 e. The van der Waals surface area contributed by atoms with Gasteiger partial charge in [0, 0.05) is 28.0 Å². The number of benzene rings is 1. The topological polar surface area (TPSA) is 29.0 Å². The Morgan fingerprint density at radius 3 is 2.62 bits per heavy atom. The van der Waals surface area contributed by atoms with E-state index in [1.165, 1.54) is 18.9 Å². The van der Waals surface area contributed by atoms with Crippen molar-refractivity contribution in [1.82, 2.24) is 14.9 Å². The molecule has 0 N–H and O–H groups in total. The number of halogens is 2. The van der Waals surface area contributed by atoms with E-state index in [-0.39, 0.29) is 5.82 Å². The fraction of sp³-hybridized carbons (Fsp3) is 0.500. The first kappa shape index (κ1) is 13.6. The van der Waals surface area contributed by atoms with E-state index in [4.69, 9.17) is 0 Å². The Bertz CT molecular complexity index is 679. The molecule has 1 aromatic carbocycles. The van der Waals surface area contributed by atoms with Crippen LogP contribution in [0.5, 0.6) is 0 Å². The van der Waals surface area contributed by atoms with Crippen molar-refractivity contribution in [3.8, 4) is 0 Å². The molecule has 1 saturated heterocycles. The van der Waals surface area contributed by atoms with Gasteiger partial charge in [-0.1, -0.05) is 15.9 Å². The van der Waals surface area contributed by atoms with Gasteiger partial charge in [-0.05, 0) is 50.9 Å². The van der Waals surface area contributed by atoms with E-state index in [1.807, 2.05) is 6.07 Å². The van der Waals surface area contributed by atoms with E-state index in [9.17, 15) is 4.39 Å². The van der Waals surface area contributed by atoms with Gasteiger partial charge in [-0.25, -0.2) is 14.4 Å². The van der Waals surface area contributed by atoms with E-state index in [0.717, 1.165) is 47.7 Å². The zero-order valence-electron chi connectivity index (χ0n) is 11.7. The van der Waals surface area contributed by atoms with Crippen LogP contribution in [0.2, 0.25) is 0 Å². The van der Waals surface area contributed by atoms with Gasteiger partial charge >= 0.3 is 0 Å². The molecular formula is C16H17BrFN3. The molecule has 21 heavy (non-hydrogen) atoms. The predicted octanol–water partition coefficient (Wildman–Crippen LogP) is 3.87. The number of aromatic nitrogens is 2. The van der Waals surface area contributed by atoms with Crippen LogP contribution in [-0.2, 0) is 0 Å². The van der Waals surface area contributed by atoms with Gasteiger partial charge in [0.1, 0.15) is 11.3 Å². The van der Waals surface area contributed by atoms with Crippen molar-refractivity contribution in [1.29, 1.82) is 0 Å². The Labute approximate surface area is 131 Å². The average molecular weight is 350 g/mol. The lowest BCUT2D eigenvalue weighted by Gasteiger charge is -2.31. The van der Waals surface area contributed by atoms with Crippen LogP contribution in [0.1, 0.15) is 37.4 Å². The molecule has 2 aromatic rings.